The fourth-order valence-electron chi connectivity index (χ4n) is 6.53. The lowest BCUT2D eigenvalue weighted by atomic mass is 10.0. The normalized spacial score (nSPS) is 18.5. The molecule has 208 valence electrons. The van der Waals surface area contributed by atoms with Gasteiger partial charge in [0.25, 0.3) is 0 Å². The number of carbonyl (C=O) groups excluding carboxylic acids is 2. The molecule has 2 aliphatic heterocycles. The molecule has 0 spiro atoms. The van der Waals surface area contributed by atoms with E-state index in [-0.39, 0.29) is 18.1 Å². The summed E-state index contributed by atoms with van der Waals surface area (Å²) in [5, 5.41) is 2.84. The van der Waals surface area contributed by atoms with Gasteiger partial charge in [-0.05, 0) is 58.9 Å². The van der Waals surface area contributed by atoms with E-state index in [1.54, 1.807) is 23.2 Å². The maximum atomic E-state index is 14.4. The van der Waals surface area contributed by atoms with E-state index in [1.807, 2.05) is 11.6 Å². The van der Waals surface area contributed by atoms with E-state index in [0.29, 0.717) is 35.4 Å². The molecule has 41 heavy (non-hydrogen) atoms. The molecule has 1 aromatic heterocycles. The lowest BCUT2D eigenvalue weighted by Crippen LogP contribution is -2.50. The highest BCUT2D eigenvalue weighted by Gasteiger charge is 2.33. The average molecular weight is 570 g/mol. The van der Waals surface area contributed by atoms with E-state index < -0.39 is 6.03 Å². The molecule has 1 N–H and O–H groups in total. The topological polar surface area (TPSA) is 70.5 Å². The Hall–Kier alpha value is -4.01. The van der Waals surface area contributed by atoms with E-state index in [9.17, 15) is 14.0 Å². The molecule has 3 aromatic carbocycles. The Kier molecular flexibility index (Phi) is 6.40. The third-order valence-electron chi connectivity index (χ3n) is 8.64. The van der Waals surface area contributed by atoms with Gasteiger partial charge in [-0.25, -0.2) is 14.2 Å². The number of hydrogen-bond acceptors (Lipinski definition) is 4. The van der Waals surface area contributed by atoms with Crippen molar-refractivity contribution in [3.8, 4) is 11.4 Å². The molecule has 1 aliphatic carbocycles. The summed E-state index contributed by atoms with van der Waals surface area (Å²) < 4.78 is 16.3. The first kappa shape index (κ1) is 25.9. The number of aromatic nitrogens is 2. The first-order chi connectivity index (χ1) is 19.9. The molecule has 7 rings (SSSR count). The largest absolute Gasteiger partial charge is 0.329 e. The summed E-state index contributed by atoms with van der Waals surface area (Å²) in [6.45, 7) is 2.10. The molecule has 3 heterocycles. The van der Waals surface area contributed by atoms with Crippen molar-refractivity contribution in [3.63, 3.8) is 0 Å². The fraction of sp³-hybridized carbons (Fsp3) is 0.281. The molecule has 0 bridgehead atoms. The summed E-state index contributed by atoms with van der Waals surface area (Å²) in [6, 6.07) is 17.8. The van der Waals surface area contributed by atoms with Crippen LogP contribution in [0, 0.1) is 5.82 Å². The van der Waals surface area contributed by atoms with Gasteiger partial charge >= 0.3 is 6.03 Å². The SMILES string of the molecule is Cn1c(N2CCC(=O)NC2=O)cnc1-c1ccc2c(c1)CCC2N1Cc2ccc(Cc3c(F)cccc3Cl)cc2C1. The van der Waals surface area contributed by atoms with Crippen molar-refractivity contribution in [2.75, 3.05) is 11.4 Å². The zero-order chi connectivity index (χ0) is 28.2. The number of hydrogen-bond donors (Lipinski definition) is 1. The summed E-state index contributed by atoms with van der Waals surface area (Å²) >= 11 is 6.28. The fourth-order valence-corrected chi connectivity index (χ4v) is 6.76. The van der Waals surface area contributed by atoms with Gasteiger partial charge in [0.1, 0.15) is 17.5 Å². The average Bonchev–Trinajstić information content (AvgIpc) is 3.66. The first-order valence-electron chi connectivity index (χ1n) is 13.9. The first-order valence-corrected chi connectivity index (χ1v) is 14.3. The minimum atomic E-state index is -0.414. The quantitative estimate of drug-likeness (QED) is 0.324. The number of aryl methyl sites for hydroxylation is 1. The van der Waals surface area contributed by atoms with Crippen LogP contribution < -0.4 is 10.2 Å². The van der Waals surface area contributed by atoms with E-state index >= 15 is 0 Å². The van der Waals surface area contributed by atoms with Gasteiger partial charge in [-0.3, -0.25) is 19.9 Å². The second kappa shape index (κ2) is 10.1. The monoisotopic (exact) mass is 569 g/mol. The number of nitrogens with zero attached hydrogens (tertiary/aromatic N) is 4. The van der Waals surface area contributed by atoms with E-state index in [4.69, 9.17) is 11.6 Å². The number of amides is 3. The van der Waals surface area contributed by atoms with E-state index in [2.05, 4.69) is 51.6 Å². The molecule has 4 aromatic rings. The Morgan fingerprint density at radius 2 is 1.88 bits per heavy atom. The maximum absolute atomic E-state index is 14.4. The third-order valence-corrected chi connectivity index (χ3v) is 9.00. The second-order valence-corrected chi connectivity index (χ2v) is 11.5. The van der Waals surface area contributed by atoms with Gasteiger partial charge in [0.2, 0.25) is 5.91 Å². The van der Waals surface area contributed by atoms with Crippen LogP contribution in [0.1, 0.15) is 52.3 Å². The highest BCUT2D eigenvalue weighted by Crippen LogP contribution is 2.42. The molecule has 0 radical (unpaired) electrons. The predicted octanol–water partition coefficient (Wildman–Crippen LogP) is 5.92. The van der Waals surface area contributed by atoms with Crippen LogP contribution in [0.2, 0.25) is 5.02 Å². The van der Waals surface area contributed by atoms with Crippen LogP contribution in [0.4, 0.5) is 15.0 Å². The summed E-state index contributed by atoms with van der Waals surface area (Å²) in [4.78, 5) is 32.6. The number of halogens is 2. The number of urea groups is 1. The Morgan fingerprint density at radius 3 is 2.71 bits per heavy atom. The van der Waals surface area contributed by atoms with Crippen molar-refractivity contribution in [2.45, 2.75) is 44.8 Å². The van der Waals surface area contributed by atoms with Gasteiger partial charge in [-0.1, -0.05) is 48.0 Å². The summed E-state index contributed by atoms with van der Waals surface area (Å²) in [7, 11) is 1.90. The molecule has 1 fully saturated rings. The molecule has 3 aliphatic rings. The third kappa shape index (κ3) is 4.61. The standard InChI is InChI=1S/C32H29ClFN5O2/c1-37-30(39-12-11-29(40)36-32(39)41)16-35-31(37)21-7-9-24-20(15-21)8-10-28(24)38-17-22-6-5-19(13-23(22)18-38)14-25-26(33)3-2-4-27(25)34/h2-7,9,13,15-16,28H,8,10-12,14,17-18H2,1H3,(H,36,40,41). The van der Waals surface area contributed by atoms with Crippen LogP contribution in [0.15, 0.2) is 60.8 Å². The van der Waals surface area contributed by atoms with Crippen LogP contribution >= 0.6 is 11.6 Å². The zero-order valence-electron chi connectivity index (χ0n) is 22.7. The van der Waals surface area contributed by atoms with Crippen molar-refractivity contribution in [2.24, 2.45) is 7.05 Å². The summed E-state index contributed by atoms with van der Waals surface area (Å²) in [6.07, 6.45) is 4.48. The van der Waals surface area contributed by atoms with Crippen LogP contribution in [-0.4, -0.2) is 32.9 Å². The molecule has 1 atom stereocenters. The van der Waals surface area contributed by atoms with Gasteiger partial charge in [0.15, 0.2) is 0 Å². The molecular weight excluding hydrogens is 541 g/mol. The van der Waals surface area contributed by atoms with Crippen molar-refractivity contribution in [1.82, 2.24) is 19.8 Å². The highest BCUT2D eigenvalue weighted by atomic mass is 35.5. The zero-order valence-corrected chi connectivity index (χ0v) is 23.4. The molecular formula is C32H29ClFN5O2. The van der Waals surface area contributed by atoms with Gasteiger partial charge in [-0.2, -0.15) is 0 Å². The minimum absolute atomic E-state index is 0.254. The lowest BCUT2D eigenvalue weighted by molar-refractivity contribution is -0.120. The molecule has 3 amide bonds. The maximum Gasteiger partial charge on any atom is 0.329 e. The van der Waals surface area contributed by atoms with Crippen LogP contribution in [-0.2, 0) is 37.8 Å². The second-order valence-electron chi connectivity index (χ2n) is 11.1. The Bertz CT molecular complexity index is 1700. The molecule has 9 heteroatoms. The number of rotatable bonds is 5. The van der Waals surface area contributed by atoms with Crippen LogP contribution in [0.3, 0.4) is 0 Å². The number of nitrogens with one attached hydrogen (secondary N) is 1. The highest BCUT2D eigenvalue weighted by molar-refractivity contribution is 6.31. The lowest BCUT2D eigenvalue weighted by Gasteiger charge is -2.26. The molecule has 7 nitrogen and oxygen atoms in total. The van der Waals surface area contributed by atoms with Gasteiger partial charge in [0, 0.05) is 61.7 Å². The van der Waals surface area contributed by atoms with Crippen molar-refractivity contribution < 1.29 is 14.0 Å². The summed E-state index contributed by atoms with van der Waals surface area (Å²) in [5.74, 6) is 0.925. The van der Waals surface area contributed by atoms with E-state index in [0.717, 1.165) is 42.9 Å². The van der Waals surface area contributed by atoms with Crippen molar-refractivity contribution in [3.05, 3.63) is 105 Å². The number of carbonyl (C=O) groups is 2. The van der Waals surface area contributed by atoms with Crippen LogP contribution in [0.5, 0.6) is 0 Å². The van der Waals surface area contributed by atoms with Crippen molar-refractivity contribution in [1.29, 1.82) is 0 Å². The van der Waals surface area contributed by atoms with Gasteiger partial charge < -0.3 is 4.57 Å². The number of imidazole rings is 1. The number of imide groups is 1. The van der Waals surface area contributed by atoms with Gasteiger partial charge in [-0.15, -0.1) is 0 Å². The minimum Gasteiger partial charge on any atom is -0.314 e. The number of anilines is 1. The Labute approximate surface area is 242 Å². The number of benzene rings is 3. The molecule has 0 saturated carbocycles. The summed E-state index contributed by atoms with van der Waals surface area (Å²) in [5.41, 5.74) is 7.91. The van der Waals surface area contributed by atoms with Crippen molar-refractivity contribution >= 4 is 29.4 Å². The number of fused-ring (bicyclic) bond motifs is 2. The predicted molar refractivity (Wildman–Crippen MR) is 155 cm³/mol. The van der Waals surface area contributed by atoms with Crippen LogP contribution in [0.25, 0.3) is 11.4 Å². The Morgan fingerprint density at radius 1 is 1.02 bits per heavy atom. The Balaban J connectivity index is 1.08. The van der Waals surface area contributed by atoms with Gasteiger partial charge in [0.05, 0.1) is 6.20 Å². The molecule has 1 unspecified atom stereocenters. The van der Waals surface area contributed by atoms with E-state index in [1.165, 1.54) is 28.3 Å². The smallest absolute Gasteiger partial charge is 0.314 e. The molecule has 1 saturated heterocycles.